The van der Waals surface area contributed by atoms with Gasteiger partial charge in [-0.2, -0.15) is 0 Å². The number of quaternary nitrogens is 1. The maximum atomic E-state index is 12.1. The molecule has 0 aliphatic rings. The predicted molar refractivity (Wildman–Crippen MR) is 94.7 cm³/mol. The van der Waals surface area contributed by atoms with E-state index in [0.29, 0.717) is 17.0 Å². The minimum Gasteiger partial charge on any atom is -0.410 e. The second-order valence-corrected chi connectivity index (χ2v) is 7.31. The predicted octanol–water partition coefficient (Wildman–Crippen LogP) is 2.75. The van der Waals surface area contributed by atoms with E-state index in [1.807, 2.05) is 32.0 Å². The van der Waals surface area contributed by atoms with Gasteiger partial charge in [0.2, 0.25) is 5.91 Å². The molecule has 1 amide bonds. The van der Waals surface area contributed by atoms with Crippen molar-refractivity contribution in [3.8, 4) is 0 Å². The largest absolute Gasteiger partial charge is 0.410 e. The maximum Gasteiger partial charge on any atom is 0.277 e. The minimum absolute atomic E-state index is 0.0179. The molecule has 2 aromatic rings. The van der Waals surface area contributed by atoms with Gasteiger partial charge < -0.3 is 15.5 Å². The molecule has 0 bridgehead atoms. The average Bonchev–Trinajstić information content (AvgIpc) is 2.97. The third-order valence-electron chi connectivity index (χ3n) is 3.52. The molecule has 0 spiro atoms. The Balaban J connectivity index is 1.88. The molecule has 24 heavy (non-hydrogen) atoms. The molecule has 0 saturated heterocycles. The Morgan fingerprint density at radius 1 is 1.33 bits per heavy atom. The zero-order valence-corrected chi connectivity index (χ0v) is 15.4. The summed E-state index contributed by atoms with van der Waals surface area (Å²) in [4.78, 5) is 12.1. The van der Waals surface area contributed by atoms with E-state index in [-0.39, 0.29) is 17.7 Å². The molecule has 1 aromatic heterocycles. The van der Waals surface area contributed by atoms with Crippen LogP contribution in [0.25, 0.3) is 0 Å². The number of amides is 1. The SMILES string of the molecule is Cc1ccc(C)c(NC(=O)CSc2nnc(C([NH3+])CC(C)C)o2)c1. The number of rotatable bonds is 7. The second kappa shape index (κ2) is 8.30. The zero-order chi connectivity index (χ0) is 17.7. The molecule has 4 N–H and O–H groups in total. The van der Waals surface area contributed by atoms with Crippen molar-refractivity contribution >= 4 is 23.4 Å². The van der Waals surface area contributed by atoms with Crippen molar-refractivity contribution in [3.05, 3.63) is 35.2 Å². The summed E-state index contributed by atoms with van der Waals surface area (Å²) in [6.07, 6.45) is 0.888. The number of nitrogens with zero attached hydrogens (tertiary/aromatic N) is 2. The molecule has 1 aromatic carbocycles. The molecular formula is C17H25N4O2S+. The van der Waals surface area contributed by atoms with E-state index < -0.39 is 0 Å². The Labute approximate surface area is 146 Å². The number of aryl methyl sites for hydroxylation is 2. The normalized spacial score (nSPS) is 12.4. The number of anilines is 1. The van der Waals surface area contributed by atoms with Crippen LogP contribution in [0, 0.1) is 19.8 Å². The highest BCUT2D eigenvalue weighted by Crippen LogP contribution is 2.22. The quantitative estimate of drug-likeness (QED) is 0.749. The van der Waals surface area contributed by atoms with Gasteiger partial charge in [-0.25, -0.2) is 0 Å². The summed E-state index contributed by atoms with van der Waals surface area (Å²) in [6.45, 7) is 8.22. The second-order valence-electron chi connectivity index (χ2n) is 6.39. The molecule has 0 fully saturated rings. The standard InChI is InChI=1S/C17H24N4O2S/c1-10(2)7-13(18)16-20-21-17(23-16)24-9-15(22)19-14-8-11(3)5-6-12(14)4/h5-6,8,10,13H,7,9,18H2,1-4H3,(H,19,22)/p+1. The number of nitrogens with one attached hydrogen (secondary N) is 1. The third kappa shape index (κ3) is 5.35. The summed E-state index contributed by atoms with van der Waals surface area (Å²) in [5.41, 5.74) is 7.02. The molecule has 0 radical (unpaired) electrons. The molecule has 0 saturated carbocycles. The summed E-state index contributed by atoms with van der Waals surface area (Å²) < 4.78 is 5.59. The Hall–Kier alpha value is -1.86. The Morgan fingerprint density at radius 3 is 2.79 bits per heavy atom. The lowest BCUT2D eigenvalue weighted by molar-refractivity contribution is -0.435. The summed E-state index contributed by atoms with van der Waals surface area (Å²) in [6, 6.07) is 5.95. The van der Waals surface area contributed by atoms with Gasteiger partial charge in [-0.05, 0) is 37.0 Å². The molecule has 6 nitrogen and oxygen atoms in total. The van der Waals surface area contributed by atoms with E-state index >= 15 is 0 Å². The van der Waals surface area contributed by atoms with E-state index in [1.54, 1.807) is 0 Å². The fourth-order valence-electron chi connectivity index (χ4n) is 2.30. The zero-order valence-electron chi connectivity index (χ0n) is 14.6. The van der Waals surface area contributed by atoms with Crippen LogP contribution in [0.2, 0.25) is 0 Å². The van der Waals surface area contributed by atoms with Gasteiger partial charge in [0.25, 0.3) is 11.1 Å². The smallest absolute Gasteiger partial charge is 0.277 e. The van der Waals surface area contributed by atoms with E-state index in [1.165, 1.54) is 11.8 Å². The van der Waals surface area contributed by atoms with Gasteiger partial charge in [0.05, 0.1) is 5.75 Å². The maximum absolute atomic E-state index is 12.1. The van der Waals surface area contributed by atoms with Crippen molar-refractivity contribution in [3.63, 3.8) is 0 Å². The fraction of sp³-hybridized carbons (Fsp3) is 0.471. The van der Waals surface area contributed by atoms with Gasteiger partial charge >= 0.3 is 0 Å². The lowest BCUT2D eigenvalue weighted by Gasteiger charge is -2.08. The van der Waals surface area contributed by atoms with E-state index in [0.717, 1.165) is 23.2 Å². The van der Waals surface area contributed by atoms with Crippen molar-refractivity contribution in [2.24, 2.45) is 5.92 Å². The first-order valence-electron chi connectivity index (χ1n) is 8.01. The molecular weight excluding hydrogens is 324 g/mol. The summed E-state index contributed by atoms with van der Waals surface area (Å²) in [5.74, 6) is 1.17. The molecule has 130 valence electrons. The molecule has 7 heteroatoms. The van der Waals surface area contributed by atoms with E-state index in [9.17, 15) is 4.79 Å². The number of thioether (sulfide) groups is 1. The van der Waals surface area contributed by atoms with Crippen molar-refractivity contribution < 1.29 is 14.9 Å². The molecule has 1 atom stereocenters. The number of carbonyl (C=O) groups excluding carboxylic acids is 1. The van der Waals surface area contributed by atoms with Gasteiger partial charge in [0.1, 0.15) is 0 Å². The Kier molecular flexibility index (Phi) is 6.39. The van der Waals surface area contributed by atoms with Gasteiger partial charge in [0, 0.05) is 12.1 Å². The van der Waals surface area contributed by atoms with Crippen LogP contribution in [0.1, 0.15) is 43.3 Å². The van der Waals surface area contributed by atoms with Crippen molar-refractivity contribution in [1.82, 2.24) is 10.2 Å². The number of hydrogen-bond donors (Lipinski definition) is 2. The van der Waals surface area contributed by atoms with Crippen LogP contribution in [0.5, 0.6) is 0 Å². The number of aromatic nitrogens is 2. The monoisotopic (exact) mass is 349 g/mol. The lowest BCUT2D eigenvalue weighted by atomic mass is 10.1. The topological polar surface area (TPSA) is 95.7 Å². The van der Waals surface area contributed by atoms with Gasteiger partial charge in [-0.3, -0.25) is 4.79 Å². The van der Waals surface area contributed by atoms with Crippen LogP contribution in [0.15, 0.2) is 27.8 Å². The first kappa shape index (κ1) is 18.5. The Morgan fingerprint density at radius 2 is 2.08 bits per heavy atom. The molecule has 1 heterocycles. The molecule has 0 aliphatic heterocycles. The fourth-order valence-corrected chi connectivity index (χ4v) is 2.87. The molecule has 0 aliphatic carbocycles. The average molecular weight is 349 g/mol. The molecule has 2 rings (SSSR count). The van der Waals surface area contributed by atoms with Gasteiger partial charge in [-0.15, -0.1) is 10.2 Å². The number of benzene rings is 1. The highest BCUT2D eigenvalue weighted by atomic mass is 32.2. The Bertz CT molecular complexity index is 700. The van der Waals surface area contributed by atoms with Gasteiger partial charge in [0.15, 0.2) is 6.04 Å². The van der Waals surface area contributed by atoms with E-state index in [4.69, 9.17) is 4.42 Å². The first-order valence-corrected chi connectivity index (χ1v) is 9.00. The van der Waals surface area contributed by atoms with Crippen LogP contribution in [0.3, 0.4) is 0 Å². The summed E-state index contributed by atoms with van der Waals surface area (Å²) in [5, 5.41) is 11.3. The van der Waals surface area contributed by atoms with Crippen LogP contribution in [-0.4, -0.2) is 21.9 Å². The van der Waals surface area contributed by atoms with Gasteiger partial charge in [-0.1, -0.05) is 37.7 Å². The summed E-state index contributed by atoms with van der Waals surface area (Å²) >= 11 is 1.23. The first-order chi connectivity index (χ1) is 11.3. The third-order valence-corrected chi connectivity index (χ3v) is 4.34. The van der Waals surface area contributed by atoms with Crippen molar-refractivity contribution in [1.29, 1.82) is 0 Å². The number of carbonyl (C=O) groups is 1. The van der Waals surface area contributed by atoms with Crippen LogP contribution >= 0.6 is 11.8 Å². The van der Waals surface area contributed by atoms with Crippen LogP contribution in [0.4, 0.5) is 5.69 Å². The van der Waals surface area contributed by atoms with Crippen LogP contribution < -0.4 is 11.1 Å². The number of hydrogen-bond acceptors (Lipinski definition) is 5. The van der Waals surface area contributed by atoms with Crippen molar-refractivity contribution in [2.45, 2.75) is 45.4 Å². The van der Waals surface area contributed by atoms with Crippen molar-refractivity contribution in [2.75, 3.05) is 11.1 Å². The highest BCUT2D eigenvalue weighted by molar-refractivity contribution is 7.99. The lowest BCUT2D eigenvalue weighted by Crippen LogP contribution is -2.54. The van der Waals surface area contributed by atoms with E-state index in [2.05, 4.69) is 35.1 Å². The summed E-state index contributed by atoms with van der Waals surface area (Å²) in [7, 11) is 0. The van der Waals surface area contributed by atoms with Crippen LogP contribution in [-0.2, 0) is 4.79 Å². The molecule has 1 unspecified atom stereocenters. The minimum atomic E-state index is -0.0956. The highest BCUT2D eigenvalue weighted by Gasteiger charge is 2.19.